The zero-order valence-corrected chi connectivity index (χ0v) is 31.2. The fourth-order valence-corrected chi connectivity index (χ4v) is 9.90. The van der Waals surface area contributed by atoms with Crippen LogP contribution in [0.25, 0.3) is 110 Å². The van der Waals surface area contributed by atoms with Crippen LogP contribution in [0.4, 0.5) is 0 Å². The number of benzene rings is 10. The first-order chi connectivity index (χ1) is 27.5. The van der Waals surface area contributed by atoms with E-state index in [2.05, 4.69) is 196 Å². The number of rotatable bonds is 3. The summed E-state index contributed by atoms with van der Waals surface area (Å²) in [7, 11) is 0. The third-order valence-corrected chi connectivity index (χ3v) is 12.6. The van der Waals surface area contributed by atoms with Gasteiger partial charge in [-0.1, -0.05) is 153 Å². The minimum absolute atomic E-state index is 0.0597. The maximum absolute atomic E-state index is 6.52. The van der Waals surface area contributed by atoms with E-state index in [9.17, 15) is 0 Å². The number of furan rings is 1. The van der Waals surface area contributed by atoms with Gasteiger partial charge in [-0.3, -0.25) is 0 Å². The van der Waals surface area contributed by atoms with Crippen LogP contribution >= 0.6 is 0 Å². The van der Waals surface area contributed by atoms with E-state index >= 15 is 0 Å². The summed E-state index contributed by atoms with van der Waals surface area (Å²) in [5, 5.41) is 12.4. The van der Waals surface area contributed by atoms with Crippen LogP contribution in [-0.4, -0.2) is 0 Å². The van der Waals surface area contributed by atoms with Crippen molar-refractivity contribution in [2.24, 2.45) is 0 Å². The van der Waals surface area contributed by atoms with E-state index in [1.165, 1.54) is 98.7 Å². The van der Waals surface area contributed by atoms with Crippen LogP contribution in [0.2, 0.25) is 0 Å². The van der Waals surface area contributed by atoms with Crippen LogP contribution < -0.4 is 0 Å². The molecule has 1 heteroatoms. The van der Waals surface area contributed by atoms with E-state index in [1.807, 2.05) is 0 Å². The molecule has 10 aromatic carbocycles. The van der Waals surface area contributed by atoms with Gasteiger partial charge in [-0.2, -0.15) is 0 Å². The van der Waals surface area contributed by atoms with E-state index in [0.717, 1.165) is 21.9 Å². The second kappa shape index (κ2) is 11.5. The van der Waals surface area contributed by atoms with Gasteiger partial charge in [-0.15, -0.1) is 0 Å². The van der Waals surface area contributed by atoms with Crippen LogP contribution in [0.3, 0.4) is 0 Å². The smallest absolute Gasteiger partial charge is 0.135 e. The van der Waals surface area contributed by atoms with Gasteiger partial charge in [0.2, 0.25) is 0 Å². The topological polar surface area (TPSA) is 13.1 Å². The zero-order valence-electron chi connectivity index (χ0n) is 31.2. The molecule has 0 unspecified atom stereocenters. The molecule has 1 heterocycles. The Kier molecular flexibility index (Phi) is 6.46. The van der Waals surface area contributed by atoms with Crippen molar-refractivity contribution in [1.82, 2.24) is 0 Å². The molecule has 11 aromatic rings. The van der Waals surface area contributed by atoms with E-state index in [-0.39, 0.29) is 5.41 Å². The molecule has 0 fully saturated rings. The highest BCUT2D eigenvalue weighted by Crippen LogP contribution is 2.51. The van der Waals surface area contributed by atoms with Crippen molar-refractivity contribution < 1.29 is 4.42 Å². The Balaban J connectivity index is 1.04. The second-order valence-electron chi connectivity index (χ2n) is 16.0. The van der Waals surface area contributed by atoms with Crippen LogP contribution in [-0.2, 0) is 5.41 Å². The number of fused-ring (bicyclic) bond motifs is 10. The molecular weight excluding hydrogens is 677 g/mol. The first-order valence-corrected chi connectivity index (χ1v) is 19.6. The normalized spacial score (nSPS) is 13.3. The standard InChI is InChI=1S/C55H36O/c1-55(2)49-25-22-36(29-45(49)46-28-34-13-3-4-14-35(34)32-50(46)55)37-23-26-51-47(30-37)48-31-38(24-27-52(48)56-51)53-41-17-7-9-19-43(41)54(44-20-10-8-18-42(44)53)40-21-11-15-33-12-5-6-16-39(33)40/h3-32H,1-2H3. The summed E-state index contributed by atoms with van der Waals surface area (Å²) in [4.78, 5) is 0. The fraction of sp³-hybridized carbons (Fsp3) is 0.0545. The fourth-order valence-electron chi connectivity index (χ4n) is 9.90. The van der Waals surface area contributed by atoms with Gasteiger partial charge in [-0.05, 0) is 141 Å². The van der Waals surface area contributed by atoms with Gasteiger partial charge < -0.3 is 4.42 Å². The lowest BCUT2D eigenvalue weighted by Crippen LogP contribution is -2.14. The Morgan fingerprint density at radius 3 is 1.52 bits per heavy atom. The Bertz CT molecular complexity index is 3390. The predicted molar refractivity (Wildman–Crippen MR) is 238 cm³/mol. The Hall–Kier alpha value is -6.96. The van der Waals surface area contributed by atoms with Gasteiger partial charge in [0.05, 0.1) is 0 Å². The summed E-state index contributed by atoms with van der Waals surface area (Å²) in [6, 6.07) is 67.2. The van der Waals surface area contributed by atoms with Crippen LogP contribution in [0.1, 0.15) is 25.0 Å². The van der Waals surface area contributed by atoms with Crippen molar-refractivity contribution in [3.63, 3.8) is 0 Å². The van der Waals surface area contributed by atoms with Gasteiger partial charge in [0.1, 0.15) is 11.2 Å². The van der Waals surface area contributed by atoms with Gasteiger partial charge in [0, 0.05) is 16.2 Å². The quantitative estimate of drug-likeness (QED) is 0.166. The molecule has 0 saturated heterocycles. The van der Waals surface area contributed by atoms with E-state index in [4.69, 9.17) is 4.42 Å². The molecule has 1 aromatic heterocycles. The summed E-state index contributed by atoms with van der Waals surface area (Å²) in [6.45, 7) is 4.72. The largest absolute Gasteiger partial charge is 0.456 e. The molecule has 1 nitrogen and oxygen atoms in total. The molecule has 12 rings (SSSR count). The maximum Gasteiger partial charge on any atom is 0.135 e. The minimum atomic E-state index is -0.0597. The van der Waals surface area contributed by atoms with Crippen LogP contribution in [0.15, 0.2) is 186 Å². The van der Waals surface area contributed by atoms with Crippen LogP contribution in [0.5, 0.6) is 0 Å². The molecule has 56 heavy (non-hydrogen) atoms. The summed E-state index contributed by atoms with van der Waals surface area (Å²) >= 11 is 0. The Morgan fingerprint density at radius 1 is 0.321 bits per heavy atom. The van der Waals surface area contributed by atoms with Crippen molar-refractivity contribution in [3.05, 3.63) is 193 Å². The monoisotopic (exact) mass is 712 g/mol. The molecule has 1 aliphatic carbocycles. The van der Waals surface area contributed by atoms with E-state index < -0.39 is 0 Å². The van der Waals surface area contributed by atoms with E-state index in [0.29, 0.717) is 0 Å². The molecule has 0 N–H and O–H groups in total. The summed E-state index contributed by atoms with van der Waals surface area (Å²) in [6.07, 6.45) is 0. The lowest BCUT2D eigenvalue weighted by Gasteiger charge is -2.22. The number of hydrogen-bond acceptors (Lipinski definition) is 1. The van der Waals surface area contributed by atoms with Crippen molar-refractivity contribution in [2.45, 2.75) is 19.3 Å². The Morgan fingerprint density at radius 2 is 0.821 bits per heavy atom. The zero-order chi connectivity index (χ0) is 37.1. The second-order valence-corrected chi connectivity index (χ2v) is 16.0. The van der Waals surface area contributed by atoms with Crippen molar-refractivity contribution in [2.75, 3.05) is 0 Å². The highest BCUT2D eigenvalue weighted by Gasteiger charge is 2.36. The average Bonchev–Trinajstić information content (AvgIpc) is 3.71. The predicted octanol–water partition coefficient (Wildman–Crippen LogP) is 15.5. The average molecular weight is 713 g/mol. The van der Waals surface area contributed by atoms with Gasteiger partial charge in [-0.25, -0.2) is 0 Å². The van der Waals surface area contributed by atoms with Crippen molar-refractivity contribution >= 4 is 65.0 Å². The van der Waals surface area contributed by atoms with Gasteiger partial charge in [0.25, 0.3) is 0 Å². The lowest BCUT2D eigenvalue weighted by molar-refractivity contribution is 0.661. The molecular formula is C55H36O. The SMILES string of the molecule is CC1(C)c2ccc(-c3ccc4oc5ccc(-c6c7ccccc7c(-c7cccc8ccccc78)c7ccccc67)cc5c4c3)cc2-c2cc3ccccc3cc21. The third kappa shape index (κ3) is 4.43. The molecule has 262 valence electrons. The molecule has 0 amide bonds. The molecule has 0 aliphatic heterocycles. The summed E-state index contributed by atoms with van der Waals surface area (Å²) in [5.74, 6) is 0. The summed E-state index contributed by atoms with van der Waals surface area (Å²) in [5.41, 5.74) is 14.6. The van der Waals surface area contributed by atoms with Crippen molar-refractivity contribution in [1.29, 1.82) is 0 Å². The number of hydrogen-bond donors (Lipinski definition) is 0. The van der Waals surface area contributed by atoms with E-state index in [1.54, 1.807) is 0 Å². The molecule has 1 aliphatic rings. The molecule has 0 atom stereocenters. The Labute approximate surface area is 325 Å². The first kappa shape index (κ1) is 31.4. The summed E-state index contributed by atoms with van der Waals surface area (Å²) < 4.78 is 6.52. The molecule has 0 radical (unpaired) electrons. The molecule has 0 saturated carbocycles. The third-order valence-electron chi connectivity index (χ3n) is 12.6. The van der Waals surface area contributed by atoms with Crippen LogP contribution in [0, 0.1) is 0 Å². The minimum Gasteiger partial charge on any atom is -0.456 e. The van der Waals surface area contributed by atoms with Gasteiger partial charge in [0.15, 0.2) is 0 Å². The molecule has 0 bridgehead atoms. The van der Waals surface area contributed by atoms with Gasteiger partial charge >= 0.3 is 0 Å². The lowest BCUT2D eigenvalue weighted by atomic mass is 9.81. The van der Waals surface area contributed by atoms with Crippen molar-refractivity contribution in [3.8, 4) is 44.5 Å². The highest BCUT2D eigenvalue weighted by atomic mass is 16.3. The maximum atomic E-state index is 6.52. The molecule has 0 spiro atoms. The highest BCUT2D eigenvalue weighted by molar-refractivity contribution is 6.24. The first-order valence-electron chi connectivity index (χ1n) is 19.6.